The van der Waals surface area contributed by atoms with E-state index in [-0.39, 0.29) is 37.4 Å². The van der Waals surface area contributed by atoms with Gasteiger partial charge in [-0.1, -0.05) is 54.6 Å². The molecular weight excluding hydrogens is 532 g/mol. The van der Waals surface area contributed by atoms with E-state index in [1.165, 1.54) is 0 Å². The number of allylic oxidation sites excluding steroid dienone is 2. The molecule has 4 unspecified atom stereocenters. The van der Waals surface area contributed by atoms with E-state index in [1.54, 1.807) is 6.08 Å². The van der Waals surface area contributed by atoms with Crippen LogP contribution < -0.4 is 5.32 Å². The van der Waals surface area contributed by atoms with Crippen molar-refractivity contribution in [3.05, 3.63) is 70.3 Å². The molecule has 1 amide bonds. The first-order valence-corrected chi connectivity index (χ1v) is 14.4. The third-order valence-electron chi connectivity index (χ3n) is 6.95. The van der Waals surface area contributed by atoms with Gasteiger partial charge in [0.25, 0.3) is 5.09 Å². The largest absolute Gasteiger partial charge is 0.508 e. The summed E-state index contributed by atoms with van der Waals surface area (Å²) >= 11 is 0. The molecule has 2 rings (SSSR count). The summed E-state index contributed by atoms with van der Waals surface area (Å²) in [5.74, 6) is -0.540. The van der Waals surface area contributed by atoms with Crippen molar-refractivity contribution in [2.75, 3.05) is 19.8 Å². The molecule has 1 aromatic rings. The summed E-state index contributed by atoms with van der Waals surface area (Å²) in [6.07, 6.45) is 9.22. The highest BCUT2D eigenvalue weighted by molar-refractivity contribution is 5.75. The molecule has 0 saturated heterocycles. The lowest BCUT2D eigenvalue weighted by molar-refractivity contribution is -0.757. The van der Waals surface area contributed by atoms with Crippen molar-refractivity contribution >= 4 is 12.1 Å². The number of hydrogen-bond acceptors (Lipinski definition) is 9. The first-order chi connectivity index (χ1) is 19.8. The number of nitrogens with one attached hydrogen (secondary N) is 1. The zero-order chi connectivity index (χ0) is 29.9. The maximum atomic E-state index is 12.3. The molecule has 0 aromatic heterocycles. The molecule has 228 valence electrons. The van der Waals surface area contributed by atoms with Gasteiger partial charge in [-0.2, -0.15) is 0 Å². The summed E-state index contributed by atoms with van der Waals surface area (Å²) in [4.78, 5) is 38.4. The lowest BCUT2D eigenvalue weighted by Crippen LogP contribution is -2.25. The average Bonchev–Trinajstić information content (AvgIpc) is 3.23. The molecule has 1 saturated carbocycles. The van der Waals surface area contributed by atoms with Crippen molar-refractivity contribution in [1.82, 2.24) is 5.32 Å². The predicted octanol–water partition coefficient (Wildman–Crippen LogP) is 4.30. The Morgan fingerprint density at radius 3 is 2.66 bits per heavy atom. The van der Waals surface area contributed by atoms with E-state index in [0.717, 1.165) is 18.4 Å². The van der Waals surface area contributed by atoms with Gasteiger partial charge in [0.15, 0.2) is 0 Å². The van der Waals surface area contributed by atoms with Gasteiger partial charge in [0, 0.05) is 25.3 Å². The summed E-state index contributed by atoms with van der Waals surface area (Å²) in [5.41, 5.74) is 1.13. The Kier molecular flexibility index (Phi) is 16.1. The van der Waals surface area contributed by atoms with Crippen LogP contribution in [0.1, 0.15) is 63.9 Å². The summed E-state index contributed by atoms with van der Waals surface area (Å²) in [5, 5.41) is 33.5. The normalized spacial score (nSPS) is 21.1. The number of carbonyl (C=O) groups is 2. The van der Waals surface area contributed by atoms with Crippen molar-refractivity contribution in [3.8, 4) is 0 Å². The number of ether oxygens (including phenoxy) is 2. The van der Waals surface area contributed by atoms with E-state index >= 15 is 0 Å². The summed E-state index contributed by atoms with van der Waals surface area (Å²) in [6.45, 7) is 2.43. The number of unbranched alkanes of at least 4 members (excludes halogenated alkanes) is 2. The zero-order valence-electron chi connectivity index (χ0n) is 23.8. The lowest BCUT2D eigenvalue weighted by atomic mass is 9.89. The number of aryl methyl sites for hydroxylation is 1. The van der Waals surface area contributed by atoms with Gasteiger partial charge in [-0.3, -0.25) is 4.79 Å². The van der Waals surface area contributed by atoms with Gasteiger partial charge in [0.05, 0.1) is 25.4 Å². The first-order valence-electron chi connectivity index (χ1n) is 14.4. The monoisotopic (exact) mass is 576 g/mol. The fourth-order valence-electron chi connectivity index (χ4n) is 4.82. The van der Waals surface area contributed by atoms with Crippen LogP contribution in [0.15, 0.2) is 54.6 Å². The smallest absolute Gasteiger partial charge is 0.434 e. The Balaban J connectivity index is 1.93. The minimum Gasteiger partial charge on any atom is -0.434 e. The zero-order valence-corrected chi connectivity index (χ0v) is 23.8. The molecule has 1 aromatic carbocycles. The maximum Gasteiger partial charge on any atom is 0.508 e. The Bertz CT molecular complexity index is 970. The van der Waals surface area contributed by atoms with Gasteiger partial charge < -0.3 is 29.8 Å². The van der Waals surface area contributed by atoms with Gasteiger partial charge in [-0.25, -0.2) is 4.79 Å². The van der Waals surface area contributed by atoms with E-state index in [4.69, 9.17) is 9.47 Å². The van der Waals surface area contributed by atoms with Gasteiger partial charge in [-0.05, 0) is 63.4 Å². The van der Waals surface area contributed by atoms with Gasteiger partial charge in [0.1, 0.15) is 6.10 Å². The molecular formula is C30H44N2O9. The fraction of sp³-hybridized carbons (Fsp3) is 0.600. The van der Waals surface area contributed by atoms with Crippen molar-refractivity contribution in [3.63, 3.8) is 0 Å². The molecule has 5 atom stereocenters. The van der Waals surface area contributed by atoms with Crippen molar-refractivity contribution in [2.24, 2.45) is 11.8 Å². The molecule has 1 fully saturated rings. The van der Waals surface area contributed by atoms with Crippen LogP contribution in [0.3, 0.4) is 0 Å². The molecule has 11 nitrogen and oxygen atoms in total. The van der Waals surface area contributed by atoms with Crippen molar-refractivity contribution in [1.29, 1.82) is 0 Å². The molecule has 3 N–H and O–H groups in total. The van der Waals surface area contributed by atoms with E-state index < -0.39 is 29.6 Å². The van der Waals surface area contributed by atoms with E-state index in [0.29, 0.717) is 45.1 Å². The first kappa shape index (κ1) is 33.8. The summed E-state index contributed by atoms with van der Waals surface area (Å²) in [7, 11) is 0. The lowest BCUT2D eigenvalue weighted by Gasteiger charge is -2.22. The number of benzene rings is 1. The van der Waals surface area contributed by atoms with Gasteiger partial charge in [-0.15, -0.1) is 10.1 Å². The van der Waals surface area contributed by atoms with E-state index in [9.17, 15) is 29.9 Å². The quantitative estimate of drug-likeness (QED) is 0.0718. The van der Waals surface area contributed by atoms with E-state index in [1.807, 2.05) is 55.5 Å². The van der Waals surface area contributed by atoms with Crippen molar-refractivity contribution in [2.45, 2.75) is 83.0 Å². The van der Waals surface area contributed by atoms with Crippen LogP contribution in [0, 0.1) is 22.0 Å². The second-order valence-corrected chi connectivity index (χ2v) is 10.1. The fourth-order valence-corrected chi connectivity index (χ4v) is 4.82. The number of rotatable bonds is 19. The maximum absolute atomic E-state index is 12.3. The number of nitrogens with zero attached hydrogens (tertiary/aromatic N) is 1. The molecule has 0 spiro atoms. The third kappa shape index (κ3) is 14.1. The molecule has 1 aliphatic carbocycles. The van der Waals surface area contributed by atoms with Crippen LogP contribution in [-0.4, -0.2) is 65.4 Å². The van der Waals surface area contributed by atoms with Crippen LogP contribution in [0.4, 0.5) is 4.79 Å². The number of aliphatic hydroxyl groups excluding tert-OH is 2. The Labute approximate surface area is 241 Å². The second kappa shape index (κ2) is 19.6. The van der Waals surface area contributed by atoms with Crippen LogP contribution in [0.5, 0.6) is 0 Å². The van der Waals surface area contributed by atoms with Crippen molar-refractivity contribution < 1.29 is 39.2 Å². The molecule has 1 aliphatic rings. The van der Waals surface area contributed by atoms with E-state index in [2.05, 4.69) is 10.2 Å². The second-order valence-electron chi connectivity index (χ2n) is 10.1. The molecule has 11 heteroatoms. The van der Waals surface area contributed by atoms with Crippen LogP contribution in [0.25, 0.3) is 0 Å². The highest BCUT2D eigenvalue weighted by Gasteiger charge is 2.43. The van der Waals surface area contributed by atoms with Gasteiger partial charge in [0.2, 0.25) is 5.91 Å². The topological polar surface area (TPSA) is 157 Å². The average molecular weight is 577 g/mol. The van der Waals surface area contributed by atoms with Crippen LogP contribution >= 0.6 is 0 Å². The SMILES string of the molecule is CCNC(=O)CCCC=CCC1C(O)CC(OC(=O)OCCCCO[N+](=O)[O-])C1C=C[C@@H](O)CCc1ccccc1. The molecule has 41 heavy (non-hydrogen) atoms. The number of carbonyl (C=O) groups excluding carboxylic acids is 2. The molecule has 0 radical (unpaired) electrons. The van der Waals surface area contributed by atoms with Crippen LogP contribution in [-0.2, 0) is 25.5 Å². The minimum atomic E-state index is -0.873. The summed E-state index contributed by atoms with van der Waals surface area (Å²) in [6, 6.07) is 9.87. The standard InChI is InChI=1S/C30H44N2O9/c1-2-31-29(35)15-9-4-3-8-14-25-26(19-18-24(33)17-16-23-12-6-5-7-13-23)28(22-27(25)34)41-30(36)39-20-10-11-21-40-32(37)38/h3,5-8,12-13,18-19,24-28,33-34H,2,4,9-11,14-17,20-22H2,1H3,(H,31,35)/t24-,25?,26?,27?,28?/m0/s1. The highest BCUT2D eigenvalue weighted by atomic mass is 16.9. The highest BCUT2D eigenvalue weighted by Crippen LogP contribution is 2.38. The molecule has 0 bridgehead atoms. The Morgan fingerprint density at radius 2 is 1.93 bits per heavy atom. The molecule has 0 aliphatic heterocycles. The Morgan fingerprint density at radius 1 is 1.17 bits per heavy atom. The number of amides is 1. The molecule has 0 heterocycles. The summed E-state index contributed by atoms with van der Waals surface area (Å²) < 4.78 is 10.7. The van der Waals surface area contributed by atoms with Gasteiger partial charge >= 0.3 is 6.16 Å². The van der Waals surface area contributed by atoms with Crippen LogP contribution in [0.2, 0.25) is 0 Å². The number of aliphatic hydroxyl groups is 2. The minimum absolute atomic E-state index is 0.0241. The Hall–Kier alpha value is -3.44. The third-order valence-corrected chi connectivity index (χ3v) is 6.95. The number of hydrogen-bond donors (Lipinski definition) is 3. The predicted molar refractivity (Wildman–Crippen MR) is 152 cm³/mol.